The summed E-state index contributed by atoms with van der Waals surface area (Å²) < 4.78 is 13.0. The third-order valence-electron chi connectivity index (χ3n) is 3.14. The van der Waals surface area contributed by atoms with Crippen molar-refractivity contribution in [2.75, 3.05) is 18.4 Å². The molecule has 1 unspecified atom stereocenters. The molecule has 1 aliphatic rings. The van der Waals surface area contributed by atoms with Gasteiger partial charge in [0.05, 0.1) is 10.7 Å². The van der Waals surface area contributed by atoms with E-state index in [1.807, 2.05) is 0 Å². The molecule has 1 aliphatic heterocycles. The summed E-state index contributed by atoms with van der Waals surface area (Å²) in [6.07, 6.45) is 2.42. The highest BCUT2D eigenvalue weighted by molar-refractivity contribution is 6.33. The van der Waals surface area contributed by atoms with Gasteiger partial charge in [0.15, 0.2) is 0 Å². The highest BCUT2D eigenvalue weighted by Gasteiger charge is 2.16. The molecule has 1 atom stereocenters. The maximum absolute atomic E-state index is 13.0. The van der Waals surface area contributed by atoms with Gasteiger partial charge in [-0.3, -0.25) is 4.79 Å². The van der Waals surface area contributed by atoms with Gasteiger partial charge in [0.25, 0.3) is 0 Å². The Morgan fingerprint density at radius 2 is 2.39 bits per heavy atom. The molecule has 98 valence electrons. The van der Waals surface area contributed by atoms with Crippen molar-refractivity contribution in [2.24, 2.45) is 5.92 Å². The van der Waals surface area contributed by atoms with Crippen molar-refractivity contribution < 1.29 is 9.18 Å². The van der Waals surface area contributed by atoms with Crippen LogP contribution in [0.1, 0.15) is 19.3 Å². The molecule has 2 rings (SSSR count). The van der Waals surface area contributed by atoms with Gasteiger partial charge in [-0.25, -0.2) is 4.39 Å². The SMILES string of the molecule is O=C(CCC1CCNC1)Nc1cc(F)ccc1Cl. The summed E-state index contributed by atoms with van der Waals surface area (Å²) in [7, 11) is 0. The average Bonchev–Trinajstić information content (AvgIpc) is 2.84. The van der Waals surface area contributed by atoms with E-state index in [4.69, 9.17) is 11.6 Å². The minimum Gasteiger partial charge on any atom is -0.325 e. The molecule has 0 saturated carbocycles. The number of carbonyl (C=O) groups excluding carboxylic acids is 1. The standard InChI is InChI=1S/C13H16ClFN2O/c14-11-3-2-10(15)7-12(11)17-13(18)4-1-9-5-6-16-8-9/h2-3,7,9,16H,1,4-6,8H2,(H,17,18). The van der Waals surface area contributed by atoms with E-state index in [1.165, 1.54) is 18.2 Å². The minimum absolute atomic E-state index is 0.116. The van der Waals surface area contributed by atoms with E-state index in [1.54, 1.807) is 0 Å². The van der Waals surface area contributed by atoms with Gasteiger partial charge in [0.2, 0.25) is 5.91 Å². The lowest BCUT2D eigenvalue weighted by molar-refractivity contribution is -0.116. The molecular weight excluding hydrogens is 255 g/mol. The zero-order valence-corrected chi connectivity index (χ0v) is 10.8. The fraction of sp³-hybridized carbons (Fsp3) is 0.462. The number of halogens is 2. The Kier molecular flexibility index (Phi) is 4.55. The Balaban J connectivity index is 1.84. The van der Waals surface area contributed by atoms with Crippen LogP contribution in [0.15, 0.2) is 18.2 Å². The normalized spacial score (nSPS) is 18.9. The third kappa shape index (κ3) is 3.68. The van der Waals surface area contributed by atoms with E-state index in [0.717, 1.165) is 25.9 Å². The van der Waals surface area contributed by atoms with E-state index >= 15 is 0 Å². The van der Waals surface area contributed by atoms with Crippen LogP contribution in [0, 0.1) is 11.7 Å². The predicted octanol–water partition coefficient (Wildman–Crippen LogP) is 2.81. The molecule has 1 saturated heterocycles. The highest BCUT2D eigenvalue weighted by atomic mass is 35.5. The largest absolute Gasteiger partial charge is 0.325 e. The monoisotopic (exact) mass is 270 g/mol. The summed E-state index contributed by atoms with van der Waals surface area (Å²) in [4.78, 5) is 11.7. The van der Waals surface area contributed by atoms with Crippen LogP contribution in [0.3, 0.4) is 0 Å². The van der Waals surface area contributed by atoms with Gasteiger partial charge >= 0.3 is 0 Å². The Labute approximate surface area is 111 Å². The van der Waals surface area contributed by atoms with Crippen molar-refractivity contribution in [1.29, 1.82) is 0 Å². The quantitative estimate of drug-likeness (QED) is 0.883. The number of amides is 1. The Morgan fingerprint density at radius 1 is 1.56 bits per heavy atom. The smallest absolute Gasteiger partial charge is 0.224 e. The van der Waals surface area contributed by atoms with Crippen LogP contribution in [-0.4, -0.2) is 19.0 Å². The van der Waals surface area contributed by atoms with Gasteiger partial charge in [-0.05, 0) is 50.0 Å². The number of hydrogen-bond acceptors (Lipinski definition) is 2. The van der Waals surface area contributed by atoms with Crippen molar-refractivity contribution in [3.05, 3.63) is 29.0 Å². The summed E-state index contributed by atoms with van der Waals surface area (Å²) in [5, 5.41) is 6.26. The first-order valence-electron chi connectivity index (χ1n) is 6.11. The van der Waals surface area contributed by atoms with Gasteiger partial charge in [-0.2, -0.15) is 0 Å². The molecule has 3 nitrogen and oxygen atoms in total. The molecule has 1 aromatic rings. The Hall–Kier alpha value is -1.13. The number of nitrogens with one attached hydrogen (secondary N) is 2. The fourth-order valence-corrected chi connectivity index (χ4v) is 2.27. The molecule has 0 aromatic heterocycles. The number of rotatable bonds is 4. The lowest BCUT2D eigenvalue weighted by atomic mass is 10.0. The van der Waals surface area contributed by atoms with Crippen LogP contribution >= 0.6 is 11.6 Å². The second-order valence-electron chi connectivity index (χ2n) is 4.57. The third-order valence-corrected chi connectivity index (χ3v) is 3.47. The van der Waals surface area contributed by atoms with Gasteiger partial charge in [-0.1, -0.05) is 11.6 Å². The Morgan fingerprint density at radius 3 is 3.11 bits per heavy atom. The first kappa shape index (κ1) is 13.3. The molecule has 18 heavy (non-hydrogen) atoms. The molecule has 5 heteroatoms. The van der Waals surface area contributed by atoms with Crippen LogP contribution < -0.4 is 10.6 Å². The molecule has 0 spiro atoms. The Bertz CT molecular complexity index is 433. The van der Waals surface area contributed by atoms with E-state index in [9.17, 15) is 9.18 Å². The van der Waals surface area contributed by atoms with Gasteiger partial charge < -0.3 is 10.6 Å². The average molecular weight is 271 g/mol. The molecule has 1 fully saturated rings. The molecule has 1 amide bonds. The first-order valence-corrected chi connectivity index (χ1v) is 6.48. The zero-order chi connectivity index (χ0) is 13.0. The van der Waals surface area contributed by atoms with E-state index in [2.05, 4.69) is 10.6 Å². The minimum atomic E-state index is -0.408. The van der Waals surface area contributed by atoms with E-state index in [-0.39, 0.29) is 5.91 Å². The highest BCUT2D eigenvalue weighted by Crippen LogP contribution is 2.23. The second kappa shape index (κ2) is 6.16. The van der Waals surface area contributed by atoms with Crippen LogP contribution in [0.5, 0.6) is 0 Å². The number of benzene rings is 1. The lowest BCUT2D eigenvalue weighted by Crippen LogP contribution is -2.15. The van der Waals surface area contributed by atoms with Gasteiger partial charge in [0.1, 0.15) is 5.82 Å². The number of carbonyl (C=O) groups is 1. The van der Waals surface area contributed by atoms with Gasteiger partial charge in [0, 0.05) is 6.42 Å². The summed E-state index contributed by atoms with van der Waals surface area (Å²) in [6, 6.07) is 3.94. The number of hydrogen-bond donors (Lipinski definition) is 2. The van der Waals surface area contributed by atoms with Crippen molar-refractivity contribution >= 4 is 23.2 Å². The topological polar surface area (TPSA) is 41.1 Å². The van der Waals surface area contributed by atoms with Gasteiger partial charge in [-0.15, -0.1) is 0 Å². The maximum atomic E-state index is 13.0. The predicted molar refractivity (Wildman–Crippen MR) is 70.3 cm³/mol. The van der Waals surface area contributed by atoms with Crippen LogP contribution in [-0.2, 0) is 4.79 Å². The molecule has 0 aliphatic carbocycles. The van der Waals surface area contributed by atoms with E-state index in [0.29, 0.717) is 23.0 Å². The molecule has 0 bridgehead atoms. The summed E-state index contributed by atoms with van der Waals surface area (Å²) >= 11 is 5.88. The lowest BCUT2D eigenvalue weighted by Gasteiger charge is -2.09. The molecule has 2 N–H and O–H groups in total. The van der Waals surface area contributed by atoms with Crippen molar-refractivity contribution in [3.63, 3.8) is 0 Å². The number of anilines is 1. The fourth-order valence-electron chi connectivity index (χ4n) is 2.10. The van der Waals surface area contributed by atoms with Crippen molar-refractivity contribution in [1.82, 2.24) is 5.32 Å². The second-order valence-corrected chi connectivity index (χ2v) is 4.98. The summed E-state index contributed by atoms with van der Waals surface area (Å²) in [5.74, 6) is 0.0443. The molecule has 1 heterocycles. The van der Waals surface area contributed by atoms with Crippen molar-refractivity contribution in [3.8, 4) is 0 Å². The molecule has 0 radical (unpaired) electrons. The zero-order valence-electron chi connectivity index (χ0n) is 10.0. The van der Waals surface area contributed by atoms with Crippen LogP contribution in [0.2, 0.25) is 5.02 Å². The van der Waals surface area contributed by atoms with Crippen LogP contribution in [0.25, 0.3) is 0 Å². The molecular formula is C13H16ClFN2O. The first-order chi connectivity index (χ1) is 8.65. The van der Waals surface area contributed by atoms with Crippen LogP contribution in [0.4, 0.5) is 10.1 Å². The van der Waals surface area contributed by atoms with E-state index < -0.39 is 5.82 Å². The van der Waals surface area contributed by atoms with Crippen molar-refractivity contribution in [2.45, 2.75) is 19.3 Å². The molecule has 1 aromatic carbocycles. The maximum Gasteiger partial charge on any atom is 0.224 e. The summed E-state index contributed by atoms with van der Waals surface area (Å²) in [6.45, 7) is 2.01. The summed E-state index contributed by atoms with van der Waals surface area (Å²) in [5.41, 5.74) is 0.339.